The van der Waals surface area contributed by atoms with Crippen molar-refractivity contribution >= 4 is 21.6 Å². The molecule has 1 aromatic carbocycles. The Morgan fingerprint density at radius 1 is 1.47 bits per heavy atom. The molecule has 2 nitrogen and oxygen atoms in total. The van der Waals surface area contributed by atoms with Crippen LogP contribution in [0.25, 0.3) is 10.2 Å². The third-order valence-corrected chi connectivity index (χ3v) is 4.10. The topological polar surface area (TPSA) is 13.1 Å². The van der Waals surface area contributed by atoms with Gasteiger partial charge in [-0.25, -0.2) is 0 Å². The van der Waals surface area contributed by atoms with Crippen molar-refractivity contribution in [3.05, 3.63) is 22.7 Å². The maximum absolute atomic E-state index is 5.61. The quantitative estimate of drug-likeness (QED) is 0.673. The average Bonchev–Trinajstić information content (AvgIpc) is 2.78. The molecule has 0 radical (unpaired) electrons. The molecule has 0 bridgehead atoms. The highest BCUT2D eigenvalue weighted by molar-refractivity contribution is 7.18. The van der Waals surface area contributed by atoms with Crippen LogP contribution < -0.4 is 9.30 Å². The summed E-state index contributed by atoms with van der Waals surface area (Å²) in [6.07, 6.45) is 1.06. The molecule has 0 saturated carbocycles. The number of aryl methyl sites for hydroxylation is 2. The second-order valence-corrected chi connectivity index (χ2v) is 5.09. The second kappa shape index (κ2) is 3.20. The molecule has 1 aliphatic rings. The molecular weight excluding hydrogens is 206 g/mol. The Morgan fingerprint density at radius 3 is 3.13 bits per heavy atom. The number of rotatable bonds is 1. The van der Waals surface area contributed by atoms with Crippen LogP contribution in [0.4, 0.5) is 0 Å². The first-order chi connectivity index (χ1) is 7.31. The Hall–Kier alpha value is -1.09. The summed E-state index contributed by atoms with van der Waals surface area (Å²) < 4.78 is 9.39. The lowest BCUT2D eigenvalue weighted by Crippen LogP contribution is -2.34. The van der Waals surface area contributed by atoms with E-state index in [1.54, 1.807) is 0 Å². The molecule has 1 aliphatic heterocycles. The van der Waals surface area contributed by atoms with Crippen LogP contribution in [-0.2, 0) is 13.0 Å². The largest absolute Gasteiger partial charge is 0.493 e. The summed E-state index contributed by atoms with van der Waals surface area (Å²) in [7, 11) is 0. The fourth-order valence-corrected chi connectivity index (χ4v) is 3.48. The van der Waals surface area contributed by atoms with Gasteiger partial charge in [0.15, 0.2) is 0 Å². The average molecular weight is 220 g/mol. The van der Waals surface area contributed by atoms with Gasteiger partial charge in [-0.1, -0.05) is 11.3 Å². The smallest absolute Gasteiger partial charge is 0.235 e. The molecule has 2 aromatic rings. The van der Waals surface area contributed by atoms with Crippen molar-refractivity contribution in [1.82, 2.24) is 0 Å². The first-order valence-electron chi connectivity index (χ1n) is 5.39. The van der Waals surface area contributed by atoms with Gasteiger partial charge in [0, 0.05) is 13.3 Å². The van der Waals surface area contributed by atoms with Crippen molar-refractivity contribution in [3.8, 4) is 5.75 Å². The van der Waals surface area contributed by atoms with Crippen LogP contribution in [0.3, 0.4) is 0 Å². The van der Waals surface area contributed by atoms with Gasteiger partial charge in [-0.2, -0.15) is 4.57 Å². The van der Waals surface area contributed by atoms with Gasteiger partial charge in [0.2, 0.25) is 10.5 Å². The standard InChI is InChI=1S/C12H14NOS/c1-3-13-8(2)15-11-5-4-10-9(12(11)13)6-7-14-10/h4-5H,3,6-7H2,1-2H3/q+1. The second-order valence-electron chi connectivity index (χ2n) is 3.85. The van der Waals surface area contributed by atoms with Gasteiger partial charge >= 0.3 is 0 Å². The van der Waals surface area contributed by atoms with Gasteiger partial charge in [-0.05, 0) is 19.1 Å². The summed E-state index contributed by atoms with van der Waals surface area (Å²) in [5.41, 5.74) is 2.80. The summed E-state index contributed by atoms with van der Waals surface area (Å²) in [5.74, 6) is 1.09. The maximum Gasteiger partial charge on any atom is 0.235 e. The van der Waals surface area contributed by atoms with Crippen LogP contribution in [0.2, 0.25) is 0 Å². The Bertz CT molecular complexity index is 530. The number of hydrogen-bond acceptors (Lipinski definition) is 2. The third-order valence-electron chi connectivity index (χ3n) is 3.04. The highest BCUT2D eigenvalue weighted by Gasteiger charge is 2.25. The number of fused-ring (bicyclic) bond motifs is 3. The number of ether oxygens (including phenoxy) is 1. The zero-order chi connectivity index (χ0) is 10.4. The molecule has 0 unspecified atom stereocenters. The molecule has 15 heavy (non-hydrogen) atoms. The number of hydrogen-bond donors (Lipinski definition) is 0. The minimum absolute atomic E-state index is 0.840. The Balaban J connectivity index is 2.42. The summed E-state index contributed by atoms with van der Waals surface area (Å²) in [5, 5.41) is 1.38. The maximum atomic E-state index is 5.61. The van der Waals surface area contributed by atoms with E-state index in [-0.39, 0.29) is 0 Å². The van der Waals surface area contributed by atoms with Gasteiger partial charge in [-0.3, -0.25) is 0 Å². The zero-order valence-corrected chi connectivity index (χ0v) is 9.86. The number of aromatic nitrogens is 1. The molecule has 0 fully saturated rings. The van der Waals surface area contributed by atoms with Crippen LogP contribution in [0.5, 0.6) is 5.75 Å². The lowest BCUT2D eigenvalue weighted by molar-refractivity contribution is -0.669. The first-order valence-corrected chi connectivity index (χ1v) is 6.20. The fraction of sp³-hybridized carbons (Fsp3) is 0.417. The van der Waals surface area contributed by atoms with E-state index in [0.29, 0.717) is 0 Å². The van der Waals surface area contributed by atoms with Gasteiger partial charge < -0.3 is 4.74 Å². The van der Waals surface area contributed by atoms with Crippen molar-refractivity contribution in [2.75, 3.05) is 6.61 Å². The normalized spacial score (nSPS) is 14.3. The van der Waals surface area contributed by atoms with Crippen LogP contribution >= 0.6 is 11.3 Å². The molecule has 3 heteroatoms. The van der Waals surface area contributed by atoms with Crippen LogP contribution in [0.15, 0.2) is 12.1 Å². The molecule has 0 N–H and O–H groups in total. The third kappa shape index (κ3) is 1.19. The zero-order valence-electron chi connectivity index (χ0n) is 9.04. The van der Waals surface area contributed by atoms with Crippen molar-refractivity contribution < 1.29 is 9.30 Å². The van der Waals surface area contributed by atoms with Crippen LogP contribution in [-0.4, -0.2) is 6.61 Å². The molecule has 0 spiro atoms. The highest BCUT2D eigenvalue weighted by Crippen LogP contribution is 2.33. The molecule has 78 valence electrons. The molecule has 0 saturated heterocycles. The molecule has 3 rings (SSSR count). The molecule has 0 amide bonds. The predicted octanol–water partition coefficient (Wildman–Crippen LogP) is 2.45. The molecular formula is C12H14NOS+. The van der Waals surface area contributed by atoms with Crippen molar-refractivity contribution in [3.63, 3.8) is 0 Å². The SMILES string of the molecule is CC[n+]1c(C)sc2ccc3c(c21)CCO3. The van der Waals surface area contributed by atoms with E-state index < -0.39 is 0 Å². The van der Waals surface area contributed by atoms with Gasteiger partial charge in [-0.15, -0.1) is 0 Å². The molecule has 0 aliphatic carbocycles. The predicted molar refractivity (Wildman–Crippen MR) is 61.6 cm³/mol. The number of nitrogens with zero attached hydrogens (tertiary/aromatic N) is 1. The fourth-order valence-electron chi connectivity index (χ4n) is 2.37. The van der Waals surface area contributed by atoms with E-state index in [1.807, 2.05) is 11.3 Å². The number of benzene rings is 1. The lowest BCUT2D eigenvalue weighted by atomic mass is 10.1. The minimum atomic E-state index is 0.840. The van der Waals surface area contributed by atoms with Crippen LogP contribution in [0, 0.1) is 6.92 Å². The van der Waals surface area contributed by atoms with E-state index in [4.69, 9.17) is 4.74 Å². The number of thiazole rings is 1. The van der Waals surface area contributed by atoms with E-state index >= 15 is 0 Å². The monoisotopic (exact) mass is 220 g/mol. The van der Waals surface area contributed by atoms with E-state index in [2.05, 4.69) is 30.5 Å². The lowest BCUT2D eigenvalue weighted by Gasteiger charge is -1.97. The Labute approximate surface area is 93.1 Å². The molecule has 2 heterocycles. The van der Waals surface area contributed by atoms with E-state index in [9.17, 15) is 0 Å². The van der Waals surface area contributed by atoms with Crippen molar-refractivity contribution in [1.29, 1.82) is 0 Å². The Kier molecular flexibility index (Phi) is 1.96. The first kappa shape index (κ1) is 9.16. The van der Waals surface area contributed by atoms with Crippen molar-refractivity contribution in [2.45, 2.75) is 26.8 Å². The van der Waals surface area contributed by atoms with Gasteiger partial charge in [0.05, 0.1) is 12.2 Å². The van der Waals surface area contributed by atoms with E-state index in [0.717, 1.165) is 25.3 Å². The summed E-state index contributed by atoms with van der Waals surface area (Å²) in [6.45, 7) is 6.28. The van der Waals surface area contributed by atoms with Crippen molar-refractivity contribution in [2.24, 2.45) is 0 Å². The van der Waals surface area contributed by atoms with Gasteiger partial charge in [0.25, 0.3) is 0 Å². The minimum Gasteiger partial charge on any atom is -0.493 e. The molecule has 0 atom stereocenters. The summed E-state index contributed by atoms with van der Waals surface area (Å²) in [4.78, 5) is 0. The Morgan fingerprint density at radius 2 is 2.33 bits per heavy atom. The van der Waals surface area contributed by atoms with E-state index in [1.165, 1.54) is 20.8 Å². The highest BCUT2D eigenvalue weighted by atomic mass is 32.1. The van der Waals surface area contributed by atoms with Crippen LogP contribution in [0.1, 0.15) is 17.5 Å². The summed E-state index contributed by atoms with van der Waals surface area (Å²) in [6, 6.07) is 4.30. The molecule has 1 aromatic heterocycles. The van der Waals surface area contributed by atoms with Gasteiger partial charge in [0.1, 0.15) is 17.0 Å². The summed E-state index contributed by atoms with van der Waals surface area (Å²) >= 11 is 1.88.